The lowest BCUT2D eigenvalue weighted by molar-refractivity contribution is 0.00578. The molecule has 108 valence electrons. The summed E-state index contributed by atoms with van der Waals surface area (Å²) in [5.41, 5.74) is -0.141. The van der Waals surface area contributed by atoms with Gasteiger partial charge in [0.1, 0.15) is 5.73 Å². The molecule has 2 fully saturated rings. The van der Waals surface area contributed by atoms with Crippen LogP contribution in [0.1, 0.15) is 66.7 Å². The smallest absolute Gasteiger partial charge is 0.398 e. The fraction of sp³-hybridized carbons (Fsp3) is 0.867. The lowest BCUT2D eigenvalue weighted by Gasteiger charge is -2.32. The minimum atomic E-state index is -0.808. The molecule has 0 N–H and O–H groups in total. The summed E-state index contributed by atoms with van der Waals surface area (Å²) in [6.07, 6.45) is 5.23. The quantitative estimate of drug-likeness (QED) is 0.704. The average Bonchev–Trinajstić information content (AvgIpc) is 2.82. The third kappa shape index (κ3) is 2.75. The molecule has 0 unspecified atom stereocenters. The predicted octanol–water partition coefficient (Wildman–Crippen LogP) is 4.44. The van der Waals surface area contributed by atoms with E-state index in [-0.39, 0.29) is 5.73 Å². The van der Waals surface area contributed by atoms with Crippen LogP contribution in [0.15, 0.2) is 11.3 Å². The van der Waals surface area contributed by atoms with Crippen molar-refractivity contribution in [2.45, 2.75) is 77.9 Å². The minimum Gasteiger partial charge on any atom is -0.398 e. The third-order valence-corrected chi connectivity index (χ3v) is 4.90. The van der Waals surface area contributed by atoms with E-state index in [4.69, 9.17) is 9.31 Å². The Bertz CT molecular complexity index is 360. The van der Waals surface area contributed by atoms with Gasteiger partial charge in [0, 0.05) is 0 Å². The molecule has 0 radical (unpaired) electrons. The lowest BCUT2D eigenvalue weighted by atomic mass is 9.81. The molecule has 1 aliphatic carbocycles. The Labute approximate surface area is 116 Å². The summed E-state index contributed by atoms with van der Waals surface area (Å²) >= 11 is 0. The fourth-order valence-corrected chi connectivity index (χ4v) is 3.00. The van der Waals surface area contributed by atoms with Crippen LogP contribution in [0.2, 0.25) is 0 Å². The summed E-state index contributed by atoms with van der Waals surface area (Å²) < 4.78 is 26.3. The van der Waals surface area contributed by atoms with Crippen molar-refractivity contribution in [2.75, 3.05) is 0 Å². The highest BCUT2D eigenvalue weighted by Gasteiger charge is 2.53. The average molecular weight is 268 g/mol. The first kappa shape index (κ1) is 15.1. The van der Waals surface area contributed by atoms with Crippen LogP contribution in [0.4, 0.5) is 4.39 Å². The number of rotatable bonds is 3. The highest BCUT2D eigenvalue weighted by molar-refractivity contribution is 6.53. The van der Waals surface area contributed by atoms with Crippen LogP contribution in [0.25, 0.3) is 0 Å². The fourth-order valence-electron chi connectivity index (χ4n) is 3.00. The van der Waals surface area contributed by atoms with Gasteiger partial charge in [0.2, 0.25) is 0 Å². The maximum Gasteiger partial charge on any atom is 0.525 e. The number of hydrogen-bond donors (Lipinski definition) is 0. The van der Waals surface area contributed by atoms with Crippen molar-refractivity contribution in [3.05, 3.63) is 11.3 Å². The summed E-state index contributed by atoms with van der Waals surface area (Å²) in [7, 11) is -0.808. The summed E-state index contributed by atoms with van der Waals surface area (Å²) in [6, 6.07) is 0. The van der Waals surface area contributed by atoms with Crippen LogP contribution in [0.5, 0.6) is 0 Å². The van der Waals surface area contributed by atoms with E-state index in [1.807, 2.05) is 27.7 Å². The number of allylic oxidation sites excluding steroid dienone is 1. The van der Waals surface area contributed by atoms with Crippen LogP contribution < -0.4 is 0 Å². The first-order chi connectivity index (χ1) is 8.78. The van der Waals surface area contributed by atoms with Gasteiger partial charge in [-0.25, -0.2) is 4.39 Å². The van der Waals surface area contributed by atoms with Crippen LogP contribution in [0, 0.1) is 5.92 Å². The SMILES string of the molecule is CCC[C@H]1CCCC1=C(F)B1OC(C)(C)C(C)(C)O1. The Hall–Kier alpha value is -0.345. The lowest BCUT2D eigenvalue weighted by Crippen LogP contribution is -2.41. The summed E-state index contributed by atoms with van der Waals surface area (Å²) in [6.45, 7) is 10.0. The molecule has 1 aliphatic heterocycles. The zero-order valence-electron chi connectivity index (χ0n) is 12.9. The molecule has 4 heteroatoms. The van der Waals surface area contributed by atoms with Gasteiger partial charge in [0.15, 0.2) is 0 Å². The molecule has 0 aromatic rings. The summed E-state index contributed by atoms with van der Waals surface area (Å²) in [4.78, 5) is 0. The van der Waals surface area contributed by atoms with Crippen LogP contribution in [0.3, 0.4) is 0 Å². The highest BCUT2D eigenvalue weighted by Crippen LogP contribution is 2.43. The van der Waals surface area contributed by atoms with Gasteiger partial charge >= 0.3 is 7.12 Å². The van der Waals surface area contributed by atoms with Crippen LogP contribution in [-0.2, 0) is 9.31 Å². The molecular weight excluding hydrogens is 242 g/mol. The summed E-state index contributed by atoms with van der Waals surface area (Å²) in [5.74, 6) is 0.393. The van der Waals surface area contributed by atoms with Gasteiger partial charge < -0.3 is 9.31 Å². The molecule has 2 rings (SSSR count). The first-order valence-corrected chi connectivity index (χ1v) is 7.52. The molecule has 1 atom stereocenters. The molecule has 2 nitrogen and oxygen atoms in total. The van der Waals surface area contributed by atoms with E-state index in [9.17, 15) is 4.39 Å². The molecule has 1 heterocycles. The molecule has 1 saturated heterocycles. The Morgan fingerprint density at radius 2 is 1.84 bits per heavy atom. The maximum absolute atomic E-state index is 14.7. The third-order valence-electron chi connectivity index (χ3n) is 4.90. The van der Waals surface area contributed by atoms with E-state index in [1.165, 1.54) is 0 Å². The van der Waals surface area contributed by atoms with E-state index in [0.29, 0.717) is 5.92 Å². The Morgan fingerprint density at radius 1 is 1.26 bits per heavy atom. The van der Waals surface area contributed by atoms with Gasteiger partial charge in [0.25, 0.3) is 0 Å². The second kappa shape index (κ2) is 5.21. The normalized spacial score (nSPS) is 31.9. The van der Waals surface area contributed by atoms with Crippen molar-refractivity contribution in [1.82, 2.24) is 0 Å². The van der Waals surface area contributed by atoms with Crippen molar-refractivity contribution in [3.63, 3.8) is 0 Å². The van der Waals surface area contributed by atoms with E-state index in [1.54, 1.807) is 0 Å². The molecule has 1 saturated carbocycles. The molecule has 0 aromatic carbocycles. The van der Waals surface area contributed by atoms with Crippen molar-refractivity contribution in [1.29, 1.82) is 0 Å². The minimum absolute atomic E-state index is 0.158. The van der Waals surface area contributed by atoms with Gasteiger partial charge in [0.05, 0.1) is 11.2 Å². The van der Waals surface area contributed by atoms with E-state index in [0.717, 1.165) is 37.7 Å². The zero-order chi connectivity index (χ0) is 14.3. The zero-order valence-corrected chi connectivity index (χ0v) is 12.9. The van der Waals surface area contributed by atoms with Crippen molar-refractivity contribution < 1.29 is 13.7 Å². The molecule has 2 aliphatic rings. The molecule has 0 amide bonds. The Kier molecular flexibility index (Phi) is 4.13. The topological polar surface area (TPSA) is 18.5 Å². The van der Waals surface area contributed by atoms with Crippen LogP contribution in [-0.4, -0.2) is 18.3 Å². The van der Waals surface area contributed by atoms with Gasteiger partial charge in [-0.05, 0) is 64.9 Å². The van der Waals surface area contributed by atoms with Gasteiger partial charge in [-0.1, -0.05) is 13.3 Å². The first-order valence-electron chi connectivity index (χ1n) is 7.52. The number of halogens is 1. The highest BCUT2D eigenvalue weighted by atomic mass is 19.1. The largest absolute Gasteiger partial charge is 0.525 e. The van der Waals surface area contributed by atoms with E-state index >= 15 is 0 Å². The van der Waals surface area contributed by atoms with Gasteiger partial charge in [-0.3, -0.25) is 0 Å². The van der Waals surface area contributed by atoms with Crippen molar-refractivity contribution >= 4 is 7.12 Å². The second-order valence-electron chi connectivity index (χ2n) is 6.84. The van der Waals surface area contributed by atoms with E-state index < -0.39 is 18.3 Å². The Morgan fingerprint density at radius 3 is 2.37 bits per heavy atom. The predicted molar refractivity (Wildman–Crippen MR) is 76.5 cm³/mol. The number of hydrogen-bond acceptors (Lipinski definition) is 2. The van der Waals surface area contributed by atoms with Crippen molar-refractivity contribution in [2.24, 2.45) is 5.92 Å². The molecule has 0 spiro atoms. The van der Waals surface area contributed by atoms with Gasteiger partial charge in [-0.2, -0.15) is 0 Å². The van der Waals surface area contributed by atoms with Crippen molar-refractivity contribution in [3.8, 4) is 0 Å². The maximum atomic E-state index is 14.7. The van der Waals surface area contributed by atoms with Crippen LogP contribution >= 0.6 is 0 Å². The second-order valence-corrected chi connectivity index (χ2v) is 6.84. The van der Waals surface area contributed by atoms with E-state index in [2.05, 4.69) is 6.92 Å². The summed E-state index contributed by atoms with van der Waals surface area (Å²) in [5, 5.41) is 0. The standard InChI is InChI=1S/C15H26BFO2/c1-6-8-11-9-7-10-12(11)13(17)16-18-14(2,3)15(4,5)19-16/h11H,6-10H2,1-5H3/t11-/m0/s1. The molecule has 0 bridgehead atoms. The molecule has 19 heavy (non-hydrogen) atoms. The Balaban J connectivity index is 2.18. The monoisotopic (exact) mass is 268 g/mol. The molecular formula is C15H26BFO2. The van der Waals surface area contributed by atoms with Gasteiger partial charge in [-0.15, -0.1) is 0 Å². The molecule has 0 aromatic heterocycles.